The molecule has 0 aliphatic carbocycles. The van der Waals surface area contributed by atoms with E-state index in [2.05, 4.69) is 20.9 Å². The molecule has 2 aromatic carbocycles. The second-order valence-electron chi connectivity index (χ2n) is 8.17. The van der Waals surface area contributed by atoms with Crippen LogP contribution in [0.2, 0.25) is 0 Å². The monoisotopic (exact) mass is 468 g/mol. The summed E-state index contributed by atoms with van der Waals surface area (Å²) in [6.45, 7) is 4.18. The average Bonchev–Trinajstić information content (AvgIpc) is 3.39. The van der Waals surface area contributed by atoms with Crippen molar-refractivity contribution < 1.29 is 19.6 Å². The number of amides is 3. The number of likely N-dealkylation sites (tertiary alicyclic amines) is 1. The summed E-state index contributed by atoms with van der Waals surface area (Å²) in [5, 5.41) is 17.2. The van der Waals surface area contributed by atoms with Crippen LogP contribution in [0, 0.1) is 0 Å². The molecule has 1 heterocycles. The summed E-state index contributed by atoms with van der Waals surface area (Å²) in [5.74, 6) is -1.34. The predicted octanol–water partition coefficient (Wildman–Crippen LogP) is 0.540. The smallest absolute Gasteiger partial charge is 0.267 e. The first-order chi connectivity index (χ1) is 16.5. The second kappa shape index (κ2) is 12.8. The van der Waals surface area contributed by atoms with E-state index in [0.717, 1.165) is 37.3 Å². The van der Waals surface area contributed by atoms with Gasteiger partial charge in [-0.2, -0.15) is 0 Å². The third kappa shape index (κ3) is 7.35. The minimum absolute atomic E-state index is 0.0878. The van der Waals surface area contributed by atoms with Crippen LogP contribution in [0.25, 0.3) is 11.1 Å². The Morgan fingerprint density at radius 1 is 0.971 bits per heavy atom. The van der Waals surface area contributed by atoms with Gasteiger partial charge in [0.05, 0.1) is 6.54 Å². The van der Waals surface area contributed by atoms with Crippen molar-refractivity contribution in [2.45, 2.75) is 18.9 Å². The molecule has 0 aromatic heterocycles. The number of benzene rings is 2. The van der Waals surface area contributed by atoms with Crippen LogP contribution in [0.15, 0.2) is 48.5 Å². The molecular formula is C24H32N6O4. The molecule has 1 saturated heterocycles. The van der Waals surface area contributed by atoms with Gasteiger partial charge in [-0.3, -0.25) is 19.6 Å². The fourth-order valence-corrected chi connectivity index (χ4v) is 3.76. The van der Waals surface area contributed by atoms with E-state index >= 15 is 0 Å². The Morgan fingerprint density at radius 2 is 1.59 bits per heavy atom. The average molecular weight is 469 g/mol. The summed E-state index contributed by atoms with van der Waals surface area (Å²) in [4.78, 5) is 38.3. The van der Waals surface area contributed by atoms with Crippen LogP contribution in [-0.4, -0.2) is 73.1 Å². The standard InChI is InChI=1S/C24H32N6O4/c25-15-21(24(33)29-34)28-23(32)19-5-3-17(4-6-19)18-7-9-20(10-8-18)27-22(31)16-26-11-14-30-12-1-2-13-30/h3-10,21,26,34H,1-2,11-16,25H2,(H,27,31)(H,28,32)(H,29,33)/t21-/m0/s1. The third-order valence-electron chi connectivity index (χ3n) is 5.71. The number of hydrogen-bond acceptors (Lipinski definition) is 7. The lowest BCUT2D eigenvalue weighted by Gasteiger charge is -2.15. The third-order valence-corrected chi connectivity index (χ3v) is 5.71. The van der Waals surface area contributed by atoms with Gasteiger partial charge < -0.3 is 26.6 Å². The molecule has 0 saturated carbocycles. The molecular weight excluding hydrogens is 436 g/mol. The lowest BCUT2D eigenvalue weighted by Crippen LogP contribution is -2.50. The molecule has 1 aliphatic rings. The first-order valence-electron chi connectivity index (χ1n) is 11.4. The highest BCUT2D eigenvalue weighted by Crippen LogP contribution is 2.22. The van der Waals surface area contributed by atoms with Crippen molar-refractivity contribution in [3.8, 4) is 11.1 Å². The number of nitrogens with two attached hydrogens (primary N) is 1. The van der Waals surface area contributed by atoms with E-state index in [9.17, 15) is 14.4 Å². The fraction of sp³-hybridized carbons (Fsp3) is 0.375. The van der Waals surface area contributed by atoms with E-state index in [1.54, 1.807) is 24.3 Å². The van der Waals surface area contributed by atoms with Gasteiger partial charge in [0.1, 0.15) is 6.04 Å². The van der Waals surface area contributed by atoms with Gasteiger partial charge >= 0.3 is 0 Å². The highest BCUT2D eigenvalue weighted by atomic mass is 16.5. The normalized spacial score (nSPS) is 14.4. The molecule has 10 nitrogen and oxygen atoms in total. The lowest BCUT2D eigenvalue weighted by atomic mass is 10.0. The summed E-state index contributed by atoms with van der Waals surface area (Å²) < 4.78 is 0. The van der Waals surface area contributed by atoms with Crippen molar-refractivity contribution in [2.24, 2.45) is 5.73 Å². The van der Waals surface area contributed by atoms with Crippen LogP contribution in [0.1, 0.15) is 23.2 Å². The molecule has 182 valence electrons. The maximum atomic E-state index is 12.3. The summed E-state index contributed by atoms with van der Waals surface area (Å²) in [7, 11) is 0. The molecule has 0 bridgehead atoms. The highest BCUT2D eigenvalue weighted by Gasteiger charge is 2.19. The van der Waals surface area contributed by atoms with E-state index in [0.29, 0.717) is 11.3 Å². The number of nitrogens with zero attached hydrogens (tertiary/aromatic N) is 1. The minimum Gasteiger partial charge on any atom is -0.339 e. The number of hydroxylamine groups is 1. The molecule has 7 N–H and O–H groups in total. The highest BCUT2D eigenvalue weighted by molar-refractivity contribution is 5.98. The molecule has 1 atom stereocenters. The van der Waals surface area contributed by atoms with Crippen LogP contribution < -0.4 is 27.2 Å². The second-order valence-corrected chi connectivity index (χ2v) is 8.17. The Kier molecular flexibility index (Phi) is 9.53. The SMILES string of the molecule is NC[C@H](NC(=O)c1ccc(-c2ccc(NC(=O)CNCCN3CCCC3)cc2)cc1)C(=O)NO. The molecule has 3 rings (SSSR count). The van der Waals surface area contributed by atoms with E-state index in [1.807, 2.05) is 24.3 Å². The summed E-state index contributed by atoms with van der Waals surface area (Å²) in [5.41, 5.74) is 9.81. The zero-order valence-electron chi connectivity index (χ0n) is 19.0. The molecule has 0 radical (unpaired) electrons. The zero-order valence-corrected chi connectivity index (χ0v) is 19.0. The lowest BCUT2D eigenvalue weighted by molar-refractivity contribution is -0.130. The van der Waals surface area contributed by atoms with Crippen molar-refractivity contribution in [3.63, 3.8) is 0 Å². The van der Waals surface area contributed by atoms with Gasteiger partial charge in [0, 0.05) is 30.9 Å². The largest absolute Gasteiger partial charge is 0.339 e. The number of hydrogen-bond donors (Lipinski definition) is 6. The van der Waals surface area contributed by atoms with Crippen LogP contribution in [0.3, 0.4) is 0 Å². The Bertz CT molecular complexity index is 958. The van der Waals surface area contributed by atoms with Gasteiger partial charge in [0.15, 0.2) is 0 Å². The molecule has 10 heteroatoms. The summed E-state index contributed by atoms with van der Waals surface area (Å²) >= 11 is 0. The molecule has 1 fully saturated rings. The van der Waals surface area contributed by atoms with Crippen LogP contribution in [-0.2, 0) is 9.59 Å². The maximum Gasteiger partial charge on any atom is 0.267 e. The summed E-state index contributed by atoms with van der Waals surface area (Å²) in [6.07, 6.45) is 2.52. The molecule has 34 heavy (non-hydrogen) atoms. The van der Waals surface area contributed by atoms with Crippen molar-refractivity contribution in [3.05, 3.63) is 54.1 Å². The van der Waals surface area contributed by atoms with Crippen LogP contribution in [0.4, 0.5) is 5.69 Å². The van der Waals surface area contributed by atoms with E-state index in [4.69, 9.17) is 10.9 Å². The Hall–Kier alpha value is -3.31. The molecule has 2 aromatic rings. The fourth-order valence-electron chi connectivity index (χ4n) is 3.76. The van der Waals surface area contributed by atoms with Crippen molar-refractivity contribution in [1.82, 2.24) is 21.0 Å². The van der Waals surface area contributed by atoms with E-state index < -0.39 is 17.9 Å². The Morgan fingerprint density at radius 3 is 2.18 bits per heavy atom. The molecule has 3 amide bonds. The van der Waals surface area contributed by atoms with Crippen molar-refractivity contribution in [2.75, 3.05) is 44.6 Å². The van der Waals surface area contributed by atoms with Crippen molar-refractivity contribution in [1.29, 1.82) is 0 Å². The first-order valence-corrected chi connectivity index (χ1v) is 11.4. The van der Waals surface area contributed by atoms with Gasteiger partial charge in [-0.05, 0) is 61.3 Å². The number of nitrogens with one attached hydrogen (secondary N) is 4. The Labute approximate surface area is 198 Å². The number of carbonyl (C=O) groups excluding carboxylic acids is 3. The van der Waals surface area contributed by atoms with Gasteiger partial charge in [0.25, 0.3) is 11.8 Å². The maximum absolute atomic E-state index is 12.3. The molecule has 1 aliphatic heterocycles. The number of rotatable bonds is 11. The Balaban J connectivity index is 1.47. The van der Waals surface area contributed by atoms with Crippen LogP contribution in [0.5, 0.6) is 0 Å². The minimum atomic E-state index is -1.03. The van der Waals surface area contributed by atoms with Crippen LogP contribution >= 0.6 is 0 Å². The zero-order chi connectivity index (χ0) is 24.3. The van der Waals surface area contributed by atoms with Gasteiger partial charge in [-0.15, -0.1) is 0 Å². The predicted molar refractivity (Wildman–Crippen MR) is 129 cm³/mol. The summed E-state index contributed by atoms with van der Waals surface area (Å²) in [6, 6.07) is 13.3. The topological polar surface area (TPSA) is 149 Å². The van der Waals surface area contributed by atoms with Crippen molar-refractivity contribution >= 4 is 23.4 Å². The van der Waals surface area contributed by atoms with Gasteiger partial charge in [0.2, 0.25) is 5.91 Å². The van der Waals surface area contributed by atoms with Gasteiger partial charge in [-0.25, -0.2) is 5.48 Å². The van der Waals surface area contributed by atoms with Gasteiger partial charge in [-0.1, -0.05) is 24.3 Å². The first kappa shape index (κ1) is 25.3. The number of carbonyl (C=O) groups is 3. The van der Waals surface area contributed by atoms with E-state index in [-0.39, 0.29) is 19.0 Å². The molecule has 0 spiro atoms. The van der Waals surface area contributed by atoms with E-state index in [1.165, 1.54) is 18.3 Å². The molecule has 0 unspecified atom stereocenters. The number of anilines is 1. The quantitative estimate of drug-likeness (QED) is 0.160.